The molecule has 0 aromatic heterocycles. The Bertz CT molecular complexity index is 105. The van der Waals surface area contributed by atoms with Crippen LogP contribution in [-0.2, 0) is 0 Å². The van der Waals surface area contributed by atoms with Crippen molar-refractivity contribution in [3.63, 3.8) is 0 Å². The van der Waals surface area contributed by atoms with E-state index in [0.717, 1.165) is 18.9 Å². The summed E-state index contributed by atoms with van der Waals surface area (Å²) in [6.07, 6.45) is 4.50. The Labute approximate surface area is 64.3 Å². The van der Waals surface area contributed by atoms with E-state index < -0.39 is 0 Å². The molecule has 0 fully saturated rings. The zero-order valence-corrected chi connectivity index (χ0v) is 7.35. The topological polar surface area (TPSA) is 26.0 Å². The molecule has 0 aromatic rings. The first-order chi connectivity index (χ1) is 4.72. The number of allylic oxidation sites excluding steroid dienone is 1. The predicted molar refractivity (Wildman–Crippen MR) is 46.9 cm³/mol. The van der Waals surface area contributed by atoms with E-state index in [4.69, 9.17) is 5.73 Å². The molecule has 1 heteroatoms. The Morgan fingerprint density at radius 1 is 1.60 bits per heavy atom. The average molecular weight is 141 g/mol. The molecule has 1 nitrogen and oxygen atoms in total. The zero-order valence-electron chi connectivity index (χ0n) is 7.35. The average Bonchev–Trinajstić information content (AvgIpc) is 1.98. The van der Waals surface area contributed by atoms with Crippen LogP contribution in [0.4, 0.5) is 0 Å². The van der Waals surface area contributed by atoms with Gasteiger partial charge in [-0.2, -0.15) is 0 Å². The van der Waals surface area contributed by atoms with Crippen molar-refractivity contribution in [3.8, 4) is 0 Å². The van der Waals surface area contributed by atoms with Crippen LogP contribution < -0.4 is 5.73 Å². The summed E-state index contributed by atoms with van der Waals surface area (Å²) in [4.78, 5) is 0. The second kappa shape index (κ2) is 5.48. The van der Waals surface area contributed by atoms with Gasteiger partial charge in [0.15, 0.2) is 0 Å². The van der Waals surface area contributed by atoms with Crippen molar-refractivity contribution in [2.75, 3.05) is 6.54 Å². The molecule has 0 aliphatic heterocycles. The van der Waals surface area contributed by atoms with Crippen LogP contribution in [0.15, 0.2) is 11.6 Å². The number of hydrogen-bond acceptors (Lipinski definition) is 1. The Kier molecular flexibility index (Phi) is 5.32. The smallest absolute Gasteiger partial charge is 0.00425 e. The van der Waals surface area contributed by atoms with Crippen LogP contribution in [0, 0.1) is 5.92 Å². The summed E-state index contributed by atoms with van der Waals surface area (Å²) in [6, 6.07) is 0. The minimum atomic E-state index is 0.728. The standard InChI is InChI=1S/C9H19N/c1-4-8(2)9(3)6-5-7-10/h6,8H,4-5,7,10H2,1-3H3. The van der Waals surface area contributed by atoms with Gasteiger partial charge in [-0.15, -0.1) is 0 Å². The molecule has 0 spiro atoms. The monoisotopic (exact) mass is 141 g/mol. The van der Waals surface area contributed by atoms with Crippen molar-refractivity contribution < 1.29 is 0 Å². The maximum atomic E-state index is 5.37. The van der Waals surface area contributed by atoms with E-state index in [1.807, 2.05) is 0 Å². The van der Waals surface area contributed by atoms with Crippen molar-refractivity contribution in [1.29, 1.82) is 0 Å². The first kappa shape index (κ1) is 9.70. The van der Waals surface area contributed by atoms with Gasteiger partial charge in [0.1, 0.15) is 0 Å². The van der Waals surface area contributed by atoms with E-state index in [1.54, 1.807) is 0 Å². The van der Waals surface area contributed by atoms with Gasteiger partial charge in [0, 0.05) is 0 Å². The van der Waals surface area contributed by atoms with Gasteiger partial charge in [-0.1, -0.05) is 25.5 Å². The van der Waals surface area contributed by atoms with Crippen LogP contribution in [0.5, 0.6) is 0 Å². The third-order valence-corrected chi connectivity index (χ3v) is 2.02. The molecule has 0 heterocycles. The van der Waals surface area contributed by atoms with Crippen LogP contribution in [-0.4, -0.2) is 6.54 Å². The van der Waals surface area contributed by atoms with Gasteiger partial charge < -0.3 is 5.73 Å². The Hall–Kier alpha value is -0.300. The summed E-state index contributed by atoms with van der Waals surface area (Å²) >= 11 is 0. The van der Waals surface area contributed by atoms with Gasteiger partial charge in [0.25, 0.3) is 0 Å². The summed E-state index contributed by atoms with van der Waals surface area (Å²) in [5.41, 5.74) is 6.85. The molecule has 0 radical (unpaired) electrons. The maximum Gasteiger partial charge on any atom is -0.00425 e. The molecule has 0 bridgehead atoms. The van der Waals surface area contributed by atoms with Gasteiger partial charge in [-0.25, -0.2) is 0 Å². The van der Waals surface area contributed by atoms with Crippen molar-refractivity contribution >= 4 is 0 Å². The molecule has 10 heavy (non-hydrogen) atoms. The summed E-state index contributed by atoms with van der Waals surface area (Å²) < 4.78 is 0. The van der Waals surface area contributed by atoms with Gasteiger partial charge in [-0.05, 0) is 32.2 Å². The molecule has 0 amide bonds. The predicted octanol–water partition coefficient (Wildman–Crippen LogP) is 2.33. The molecule has 0 aromatic carbocycles. The van der Waals surface area contributed by atoms with Gasteiger partial charge in [0.2, 0.25) is 0 Å². The summed E-state index contributed by atoms with van der Waals surface area (Å²) in [5.74, 6) is 0.728. The molecule has 1 unspecified atom stereocenters. The van der Waals surface area contributed by atoms with Crippen LogP contribution in [0.1, 0.15) is 33.6 Å². The highest BCUT2D eigenvalue weighted by Crippen LogP contribution is 2.12. The minimum absolute atomic E-state index is 0.728. The van der Waals surface area contributed by atoms with Crippen LogP contribution in [0.3, 0.4) is 0 Å². The van der Waals surface area contributed by atoms with Gasteiger partial charge >= 0.3 is 0 Å². The van der Waals surface area contributed by atoms with Crippen molar-refractivity contribution in [3.05, 3.63) is 11.6 Å². The lowest BCUT2D eigenvalue weighted by Crippen LogP contribution is -1.98. The van der Waals surface area contributed by atoms with Gasteiger partial charge in [0.05, 0.1) is 0 Å². The molecule has 0 aliphatic rings. The molecule has 0 saturated carbocycles. The maximum absolute atomic E-state index is 5.37. The second-order valence-corrected chi connectivity index (χ2v) is 2.83. The van der Waals surface area contributed by atoms with E-state index in [9.17, 15) is 0 Å². The largest absolute Gasteiger partial charge is 0.330 e. The van der Waals surface area contributed by atoms with Crippen molar-refractivity contribution in [1.82, 2.24) is 0 Å². The van der Waals surface area contributed by atoms with E-state index in [-0.39, 0.29) is 0 Å². The molecule has 0 saturated heterocycles. The zero-order chi connectivity index (χ0) is 7.98. The van der Waals surface area contributed by atoms with E-state index in [2.05, 4.69) is 26.8 Å². The summed E-state index contributed by atoms with van der Waals surface area (Å²) in [5, 5.41) is 0. The lowest BCUT2D eigenvalue weighted by atomic mass is 9.99. The number of rotatable bonds is 4. The lowest BCUT2D eigenvalue weighted by molar-refractivity contribution is 0.651. The van der Waals surface area contributed by atoms with E-state index >= 15 is 0 Å². The van der Waals surface area contributed by atoms with Crippen LogP contribution in [0.2, 0.25) is 0 Å². The van der Waals surface area contributed by atoms with Crippen molar-refractivity contribution in [2.45, 2.75) is 33.6 Å². The molecule has 2 N–H and O–H groups in total. The summed E-state index contributed by atoms with van der Waals surface area (Å²) in [6.45, 7) is 7.42. The Balaban J connectivity index is 3.67. The Morgan fingerprint density at radius 2 is 2.20 bits per heavy atom. The fraction of sp³-hybridized carbons (Fsp3) is 0.778. The minimum Gasteiger partial charge on any atom is -0.330 e. The first-order valence-corrected chi connectivity index (χ1v) is 4.09. The lowest BCUT2D eigenvalue weighted by Gasteiger charge is -2.07. The normalized spacial score (nSPS) is 15.4. The quantitative estimate of drug-likeness (QED) is 0.597. The van der Waals surface area contributed by atoms with E-state index in [0.29, 0.717) is 0 Å². The molecular weight excluding hydrogens is 122 g/mol. The highest BCUT2D eigenvalue weighted by molar-refractivity contribution is 5.01. The molecule has 60 valence electrons. The number of hydrogen-bond donors (Lipinski definition) is 1. The molecule has 1 atom stereocenters. The van der Waals surface area contributed by atoms with Gasteiger partial charge in [-0.3, -0.25) is 0 Å². The SMILES string of the molecule is CCC(C)C(C)=CCCN. The summed E-state index contributed by atoms with van der Waals surface area (Å²) in [7, 11) is 0. The Morgan fingerprint density at radius 3 is 2.60 bits per heavy atom. The highest BCUT2D eigenvalue weighted by atomic mass is 14.5. The fourth-order valence-electron chi connectivity index (χ4n) is 0.834. The van der Waals surface area contributed by atoms with Crippen LogP contribution >= 0.6 is 0 Å². The van der Waals surface area contributed by atoms with Crippen molar-refractivity contribution in [2.24, 2.45) is 11.7 Å². The molecule has 0 aliphatic carbocycles. The highest BCUT2D eigenvalue weighted by Gasteiger charge is 1.98. The first-order valence-electron chi connectivity index (χ1n) is 4.09. The second-order valence-electron chi connectivity index (χ2n) is 2.83. The molecule has 0 rings (SSSR count). The molecular formula is C9H19N. The van der Waals surface area contributed by atoms with E-state index in [1.165, 1.54) is 12.0 Å². The number of nitrogens with two attached hydrogens (primary N) is 1. The third-order valence-electron chi connectivity index (χ3n) is 2.02. The van der Waals surface area contributed by atoms with Crippen LogP contribution in [0.25, 0.3) is 0 Å². The third kappa shape index (κ3) is 3.67. The fourth-order valence-corrected chi connectivity index (χ4v) is 0.834.